The van der Waals surface area contributed by atoms with Crippen molar-refractivity contribution in [2.24, 2.45) is 0 Å². The zero-order valence-corrected chi connectivity index (χ0v) is 18.2. The summed E-state index contributed by atoms with van der Waals surface area (Å²) in [5.41, 5.74) is 3.30. The molecule has 0 saturated heterocycles. The molecule has 1 aliphatic rings. The molecular weight excluding hydrogens is 384 g/mol. The number of nitrogens with one attached hydrogen (secondary N) is 2. The number of amides is 1. The van der Waals surface area contributed by atoms with E-state index in [0.717, 1.165) is 36.8 Å². The summed E-state index contributed by atoms with van der Waals surface area (Å²) in [6.45, 7) is 5.52. The number of hydrogen-bond donors (Lipinski definition) is 2. The van der Waals surface area contributed by atoms with Crippen LogP contribution in [0.1, 0.15) is 47.9 Å². The molecule has 0 radical (unpaired) electrons. The molecule has 29 heavy (non-hydrogen) atoms. The van der Waals surface area contributed by atoms with Gasteiger partial charge >= 0.3 is 0 Å². The fourth-order valence-corrected chi connectivity index (χ4v) is 5.89. The first kappa shape index (κ1) is 21.5. The third-order valence-electron chi connectivity index (χ3n) is 5.47. The minimum absolute atomic E-state index is 0.133. The van der Waals surface area contributed by atoms with E-state index in [0.29, 0.717) is 17.5 Å². The Morgan fingerprint density at radius 3 is 2.21 bits per heavy atom. The van der Waals surface area contributed by atoms with Crippen LogP contribution >= 0.6 is 0 Å². The number of aryl methyl sites for hydroxylation is 3. The lowest BCUT2D eigenvalue weighted by Gasteiger charge is -2.22. The van der Waals surface area contributed by atoms with Gasteiger partial charge in [-0.1, -0.05) is 60.9 Å². The largest absolute Gasteiger partial charge is 0.352 e. The average molecular weight is 415 g/mol. The fraction of sp³-hybridized carbons (Fsp3) is 0.435. The predicted molar refractivity (Wildman–Crippen MR) is 115 cm³/mol. The highest BCUT2D eigenvalue weighted by Gasteiger charge is 2.30. The number of sulfonamides is 1. The van der Waals surface area contributed by atoms with Gasteiger partial charge in [0.05, 0.1) is 4.90 Å². The molecule has 0 spiro atoms. The quantitative estimate of drug-likeness (QED) is 0.727. The van der Waals surface area contributed by atoms with Gasteiger partial charge in [-0.15, -0.1) is 0 Å². The van der Waals surface area contributed by atoms with Crippen molar-refractivity contribution in [3.05, 3.63) is 64.7 Å². The third kappa shape index (κ3) is 5.46. The molecule has 1 atom stereocenters. The molecule has 1 fully saturated rings. The van der Waals surface area contributed by atoms with Gasteiger partial charge in [-0.3, -0.25) is 4.79 Å². The second-order valence-electron chi connectivity index (χ2n) is 8.08. The van der Waals surface area contributed by atoms with E-state index < -0.39 is 16.1 Å². The lowest BCUT2D eigenvalue weighted by Crippen LogP contribution is -2.50. The van der Waals surface area contributed by atoms with Gasteiger partial charge in [-0.05, 0) is 56.7 Å². The van der Waals surface area contributed by atoms with Gasteiger partial charge in [-0.25, -0.2) is 8.42 Å². The van der Waals surface area contributed by atoms with Crippen LogP contribution < -0.4 is 10.0 Å². The molecule has 0 bridgehead atoms. The second-order valence-corrected chi connectivity index (χ2v) is 9.73. The lowest BCUT2D eigenvalue weighted by molar-refractivity contribution is -0.123. The Balaban J connectivity index is 1.87. The highest BCUT2D eigenvalue weighted by atomic mass is 32.2. The van der Waals surface area contributed by atoms with Crippen LogP contribution in [-0.2, 0) is 21.2 Å². The van der Waals surface area contributed by atoms with Gasteiger partial charge < -0.3 is 5.32 Å². The Labute approximate surface area is 174 Å². The smallest absolute Gasteiger partial charge is 0.241 e. The van der Waals surface area contributed by atoms with Crippen molar-refractivity contribution in [3.8, 4) is 0 Å². The minimum atomic E-state index is -3.85. The Morgan fingerprint density at radius 2 is 1.62 bits per heavy atom. The van der Waals surface area contributed by atoms with Crippen LogP contribution in [0.2, 0.25) is 0 Å². The summed E-state index contributed by atoms with van der Waals surface area (Å²) in [6.07, 6.45) is 4.41. The molecule has 5 nitrogen and oxygen atoms in total. The van der Waals surface area contributed by atoms with E-state index >= 15 is 0 Å². The first-order chi connectivity index (χ1) is 13.8. The molecule has 0 aromatic heterocycles. The number of carbonyl (C=O) groups is 1. The average Bonchev–Trinajstić information content (AvgIpc) is 3.13. The molecule has 2 aromatic carbocycles. The second kappa shape index (κ2) is 9.09. The van der Waals surface area contributed by atoms with Gasteiger partial charge in [0.2, 0.25) is 15.9 Å². The van der Waals surface area contributed by atoms with Gasteiger partial charge in [0.25, 0.3) is 0 Å². The molecule has 1 saturated carbocycles. The maximum atomic E-state index is 13.2. The van der Waals surface area contributed by atoms with Crippen molar-refractivity contribution in [2.75, 3.05) is 0 Å². The molecular formula is C23H30N2O3S. The van der Waals surface area contributed by atoms with E-state index in [4.69, 9.17) is 0 Å². The molecule has 0 aliphatic heterocycles. The summed E-state index contributed by atoms with van der Waals surface area (Å²) in [5, 5.41) is 3.05. The van der Waals surface area contributed by atoms with Gasteiger partial charge in [0.15, 0.2) is 0 Å². The molecule has 2 aromatic rings. The van der Waals surface area contributed by atoms with Gasteiger partial charge in [0, 0.05) is 6.04 Å². The van der Waals surface area contributed by atoms with E-state index in [2.05, 4.69) is 10.0 Å². The first-order valence-electron chi connectivity index (χ1n) is 10.2. The van der Waals surface area contributed by atoms with Crippen molar-refractivity contribution < 1.29 is 13.2 Å². The summed E-state index contributed by atoms with van der Waals surface area (Å²) in [7, 11) is -3.85. The van der Waals surface area contributed by atoms with E-state index in [-0.39, 0.29) is 16.8 Å². The normalized spacial score (nSPS) is 16.0. The van der Waals surface area contributed by atoms with Crippen LogP contribution in [0.5, 0.6) is 0 Å². The van der Waals surface area contributed by atoms with Crippen LogP contribution in [0.15, 0.2) is 47.4 Å². The van der Waals surface area contributed by atoms with Crippen molar-refractivity contribution in [1.29, 1.82) is 0 Å². The summed E-state index contributed by atoms with van der Waals surface area (Å²) in [4.78, 5) is 13.3. The van der Waals surface area contributed by atoms with Crippen molar-refractivity contribution >= 4 is 15.9 Å². The number of carbonyl (C=O) groups excluding carboxylic acids is 1. The van der Waals surface area contributed by atoms with Crippen LogP contribution in [0.3, 0.4) is 0 Å². The van der Waals surface area contributed by atoms with Crippen LogP contribution in [-0.4, -0.2) is 26.4 Å². The summed E-state index contributed by atoms with van der Waals surface area (Å²) in [6, 6.07) is 12.5. The highest BCUT2D eigenvalue weighted by molar-refractivity contribution is 7.89. The molecule has 156 valence electrons. The molecule has 0 heterocycles. The van der Waals surface area contributed by atoms with Crippen LogP contribution in [0, 0.1) is 20.8 Å². The SMILES string of the molecule is Cc1cc(C)c(S(=O)(=O)N[C@@H](Cc2ccccc2)C(=O)NC2CCCC2)c(C)c1. The standard InChI is InChI=1S/C23H30N2O3S/c1-16-13-17(2)22(18(3)14-16)29(27,28)25-21(15-19-9-5-4-6-10-19)23(26)24-20-11-7-8-12-20/h4-6,9-10,13-14,20-21,25H,7-8,11-12,15H2,1-3H3,(H,24,26)/t21-/m0/s1. The molecule has 3 rings (SSSR count). The Morgan fingerprint density at radius 1 is 1.03 bits per heavy atom. The van der Waals surface area contributed by atoms with Gasteiger partial charge in [-0.2, -0.15) is 4.72 Å². The monoisotopic (exact) mass is 414 g/mol. The van der Waals surface area contributed by atoms with Crippen molar-refractivity contribution in [3.63, 3.8) is 0 Å². The molecule has 2 N–H and O–H groups in total. The van der Waals surface area contributed by atoms with Crippen LogP contribution in [0.4, 0.5) is 0 Å². The van der Waals surface area contributed by atoms with Gasteiger partial charge in [0.1, 0.15) is 6.04 Å². The van der Waals surface area contributed by atoms with Crippen molar-refractivity contribution in [1.82, 2.24) is 10.0 Å². The summed E-state index contributed by atoms with van der Waals surface area (Å²) >= 11 is 0. The maximum Gasteiger partial charge on any atom is 0.241 e. The van der Waals surface area contributed by atoms with Crippen LogP contribution in [0.25, 0.3) is 0 Å². The topological polar surface area (TPSA) is 75.3 Å². The molecule has 1 aliphatic carbocycles. The third-order valence-corrected chi connectivity index (χ3v) is 7.25. The summed E-state index contributed by atoms with van der Waals surface area (Å²) in [5.74, 6) is -0.258. The first-order valence-corrected chi connectivity index (χ1v) is 11.7. The number of rotatable bonds is 7. The Kier molecular flexibility index (Phi) is 6.75. The fourth-order valence-electron chi connectivity index (χ4n) is 4.25. The zero-order valence-electron chi connectivity index (χ0n) is 17.4. The summed E-state index contributed by atoms with van der Waals surface area (Å²) < 4.78 is 29.2. The highest BCUT2D eigenvalue weighted by Crippen LogP contribution is 2.23. The van der Waals surface area contributed by atoms with E-state index in [9.17, 15) is 13.2 Å². The molecule has 6 heteroatoms. The number of hydrogen-bond acceptors (Lipinski definition) is 3. The molecule has 0 unspecified atom stereocenters. The van der Waals surface area contributed by atoms with E-state index in [1.165, 1.54) is 0 Å². The Bertz CT molecular complexity index is 942. The molecule has 1 amide bonds. The Hall–Kier alpha value is -2.18. The maximum absolute atomic E-state index is 13.2. The van der Waals surface area contributed by atoms with Crippen molar-refractivity contribution in [2.45, 2.75) is 69.9 Å². The minimum Gasteiger partial charge on any atom is -0.352 e. The van der Waals surface area contributed by atoms with E-state index in [1.807, 2.05) is 49.4 Å². The lowest BCUT2D eigenvalue weighted by atomic mass is 10.1. The zero-order chi connectivity index (χ0) is 21.0. The number of benzene rings is 2. The van der Waals surface area contributed by atoms with E-state index in [1.54, 1.807) is 13.8 Å². The predicted octanol–water partition coefficient (Wildman–Crippen LogP) is 3.56.